The molecule has 0 fully saturated rings. The van der Waals surface area contributed by atoms with Crippen LogP contribution in [-0.4, -0.2) is 19.7 Å². The standard InChI is InChI=1S/C20H22O4/c1-5-23-20(21)11-8-16-7-10-17(12-15(16)3)24-18-9-6-14(2)19(13-18)22-4/h6-13H,5H2,1-4H3/b11-8+. The number of hydrogen-bond donors (Lipinski definition) is 0. The van der Waals surface area contributed by atoms with E-state index in [2.05, 4.69) is 0 Å². The molecule has 0 saturated carbocycles. The summed E-state index contributed by atoms with van der Waals surface area (Å²) >= 11 is 0. The van der Waals surface area contributed by atoms with E-state index in [0.29, 0.717) is 12.4 Å². The molecule has 0 N–H and O–H groups in total. The number of carbonyl (C=O) groups is 1. The molecule has 0 aromatic heterocycles. The zero-order valence-electron chi connectivity index (χ0n) is 14.5. The van der Waals surface area contributed by atoms with Crippen molar-refractivity contribution in [3.63, 3.8) is 0 Å². The van der Waals surface area contributed by atoms with Crippen LogP contribution >= 0.6 is 0 Å². The molecule has 0 aliphatic carbocycles. The number of hydrogen-bond acceptors (Lipinski definition) is 4. The van der Waals surface area contributed by atoms with Crippen LogP contribution in [-0.2, 0) is 9.53 Å². The van der Waals surface area contributed by atoms with Crippen LogP contribution < -0.4 is 9.47 Å². The van der Waals surface area contributed by atoms with Gasteiger partial charge in [0.25, 0.3) is 0 Å². The molecular weight excluding hydrogens is 304 g/mol. The lowest BCUT2D eigenvalue weighted by Crippen LogP contribution is -1.98. The van der Waals surface area contributed by atoms with E-state index in [0.717, 1.165) is 28.2 Å². The number of rotatable bonds is 6. The number of carbonyl (C=O) groups excluding carboxylic acids is 1. The van der Waals surface area contributed by atoms with E-state index < -0.39 is 0 Å². The number of benzene rings is 2. The lowest BCUT2D eigenvalue weighted by molar-refractivity contribution is -0.137. The van der Waals surface area contributed by atoms with Gasteiger partial charge in [-0.3, -0.25) is 0 Å². The first-order valence-corrected chi connectivity index (χ1v) is 7.81. The van der Waals surface area contributed by atoms with Gasteiger partial charge in [0.1, 0.15) is 17.2 Å². The van der Waals surface area contributed by atoms with Crippen molar-refractivity contribution in [2.75, 3.05) is 13.7 Å². The van der Waals surface area contributed by atoms with Crippen LogP contribution in [0.25, 0.3) is 6.08 Å². The van der Waals surface area contributed by atoms with Crippen LogP contribution in [0.4, 0.5) is 0 Å². The lowest BCUT2D eigenvalue weighted by Gasteiger charge is -2.10. The van der Waals surface area contributed by atoms with Crippen LogP contribution in [0.3, 0.4) is 0 Å². The Kier molecular flexibility index (Phi) is 6.01. The normalized spacial score (nSPS) is 10.7. The third kappa shape index (κ3) is 4.62. The molecule has 0 aliphatic rings. The molecule has 126 valence electrons. The summed E-state index contributed by atoms with van der Waals surface area (Å²) in [5.41, 5.74) is 3.00. The Hall–Kier alpha value is -2.75. The Morgan fingerprint density at radius 3 is 2.42 bits per heavy atom. The molecule has 2 aromatic carbocycles. The minimum Gasteiger partial charge on any atom is -0.496 e. The smallest absolute Gasteiger partial charge is 0.330 e. The molecule has 2 aromatic rings. The fourth-order valence-corrected chi connectivity index (χ4v) is 2.25. The summed E-state index contributed by atoms with van der Waals surface area (Å²) in [5, 5.41) is 0. The second-order valence-corrected chi connectivity index (χ2v) is 5.34. The molecule has 0 spiro atoms. The van der Waals surface area contributed by atoms with Crippen molar-refractivity contribution in [2.24, 2.45) is 0 Å². The first-order valence-electron chi connectivity index (χ1n) is 7.81. The molecule has 0 saturated heterocycles. The van der Waals surface area contributed by atoms with E-state index >= 15 is 0 Å². The van der Waals surface area contributed by atoms with Gasteiger partial charge in [0.05, 0.1) is 13.7 Å². The van der Waals surface area contributed by atoms with Crippen LogP contribution in [0.1, 0.15) is 23.6 Å². The van der Waals surface area contributed by atoms with E-state index in [1.165, 1.54) is 6.08 Å². The molecule has 4 heteroatoms. The fourth-order valence-electron chi connectivity index (χ4n) is 2.25. The molecule has 0 bridgehead atoms. The molecule has 0 unspecified atom stereocenters. The molecular formula is C20H22O4. The van der Waals surface area contributed by atoms with Gasteiger partial charge >= 0.3 is 5.97 Å². The Morgan fingerprint density at radius 1 is 1.04 bits per heavy atom. The summed E-state index contributed by atoms with van der Waals surface area (Å²) in [6.45, 7) is 6.10. The zero-order chi connectivity index (χ0) is 17.5. The third-order valence-corrected chi connectivity index (χ3v) is 3.54. The topological polar surface area (TPSA) is 44.8 Å². The third-order valence-electron chi connectivity index (χ3n) is 3.54. The molecule has 0 amide bonds. The minimum absolute atomic E-state index is 0.344. The number of esters is 1. The maximum Gasteiger partial charge on any atom is 0.330 e. The second kappa shape index (κ2) is 8.20. The number of ether oxygens (including phenoxy) is 3. The highest BCUT2D eigenvalue weighted by Gasteiger charge is 2.04. The maximum absolute atomic E-state index is 11.4. The van der Waals surface area contributed by atoms with Crippen LogP contribution in [0.15, 0.2) is 42.5 Å². The lowest BCUT2D eigenvalue weighted by atomic mass is 10.1. The first kappa shape index (κ1) is 17.6. The van der Waals surface area contributed by atoms with Crippen molar-refractivity contribution in [1.29, 1.82) is 0 Å². The highest BCUT2D eigenvalue weighted by Crippen LogP contribution is 2.29. The molecule has 4 nitrogen and oxygen atoms in total. The molecule has 0 aliphatic heterocycles. The number of aryl methyl sites for hydroxylation is 2. The van der Waals surface area contributed by atoms with Crippen molar-refractivity contribution in [3.8, 4) is 17.2 Å². The van der Waals surface area contributed by atoms with Gasteiger partial charge in [-0.15, -0.1) is 0 Å². The highest BCUT2D eigenvalue weighted by molar-refractivity contribution is 5.87. The van der Waals surface area contributed by atoms with Gasteiger partial charge in [0, 0.05) is 12.1 Å². The Morgan fingerprint density at radius 2 is 1.75 bits per heavy atom. The summed E-state index contributed by atoms with van der Waals surface area (Å²) in [7, 11) is 1.64. The van der Waals surface area contributed by atoms with E-state index in [9.17, 15) is 4.79 Å². The van der Waals surface area contributed by atoms with Gasteiger partial charge in [0.2, 0.25) is 0 Å². The minimum atomic E-state index is -0.344. The van der Waals surface area contributed by atoms with Crippen molar-refractivity contribution in [2.45, 2.75) is 20.8 Å². The van der Waals surface area contributed by atoms with Gasteiger partial charge in [-0.05, 0) is 61.7 Å². The van der Waals surface area contributed by atoms with Crippen LogP contribution in [0.5, 0.6) is 17.2 Å². The fraction of sp³-hybridized carbons (Fsp3) is 0.250. The molecule has 24 heavy (non-hydrogen) atoms. The van der Waals surface area contributed by atoms with E-state index in [-0.39, 0.29) is 5.97 Å². The number of methoxy groups -OCH3 is 1. The molecule has 0 atom stereocenters. The highest BCUT2D eigenvalue weighted by atomic mass is 16.5. The summed E-state index contributed by atoms with van der Waals surface area (Å²) in [5.74, 6) is 1.89. The maximum atomic E-state index is 11.4. The second-order valence-electron chi connectivity index (χ2n) is 5.34. The van der Waals surface area contributed by atoms with Gasteiger partial charge in [0.15, 0.2) is 0 Å². The van der Waals surface area contributed by atoms with E-state index in [1.54, 1.807) is 20.1 Å². The Bertz CT molecular complexity index is 747. The van der Waals surface area contributed by atoms with Crippen molar-refractivity contribution in [1.82, 2.24) is 0 Å². The molecule has 2 rings (SSSR count). The summed E-state index contributed by atoms with van der Waals surface area (Å²) < 4.78 is 16.1. The summed E-state index contributed by atoms with van der Waals surface area (Å²) in [4.78, 5) is 11.4. The Balaban J connectivity index is 2.13. The molecule has 0 radical (unpaired) electrons. The van der Waals surface area contributed by atoms with Crippen molar-refractivity contribution < 1.29 is 19.0 Å². The quantitative estimate of drug-likeness (QED) is 0.571. The predicted octanol–water partition coefficient (Wildman–Crippen LogP) is 4.68. The molecule has 0 heterocycles. The summed E-state index contributed by atoms with van der Waals surface area (Å²) in [6.07, 6.45) is 3.17. The predicted molar refractivity (Wildman–Crippen MR) is 94.7 cm³/mol. The summed E-state index contributed by atoms with van der Waals surface area (Å²) in [6, 6.07) is 11.4. The van der Waals surface area contributed by atoms with Crippen molar-refractivity contribution >= 4 is 12.0 Å². The van der Waals surface area contributed by atoms with Gasteiger partial charge in [-0.25, -0.2) is 4.79 Å². The largest absolute Gasteiger partial charge is 0.496 e. The zero-order valence-corrected chi connectivity index (χ0v) is 14.5. The van der Waals surface area contributed by atoms with Crippen molar-refractivity contribution in [3.05, 3.63) is 59.2 Å². The van der Waals surface area contributed by atoms with Gasteiger partial charge < -0.3 is 14.2 Å². The Labute approximate surface area is 142 Å². The van der Waals surface area contributed by atoms with E-state index in [1.807, 2.05) is 50.2 Å². The van der Waals surface area contributed by atoms with E-state index in [4.69, 9.17) is 14.2 Å². The average molecular weight is 326 g/mol. The van der Waals surface area contributed by atoms with Crippen LogP contribution in [0, 0.1) is 13.8 Å². The van der Waals surface area contributed by atoms with Gasteiger partial charge in [-0.1, -0.05) is 12.1 Å². The average Bonchev–Trinajstić information content (AvgIpc) is 2.56. The van der Waals surface area contributed by atoms with Crippen LogP contribution in [0.2, 0.25) is 0 Å². The van der Waals surface area contributed by atoms with Gasteiger partial charge in [-0.2, -0.15) is 0 Å². The first-order chi connectivity index (χ1) is 11.5. The monoisotopic (exact) mass is 326 g/mol. The SMILES string of the molecule is CCOC(=O)/C=C/c1ccc(Oc2ccc(C)c(OC)c2)cc1C.